The number of hydrogen-bond acceptors (Lipinski definition) is 0. The van der Waals surface area contributed by atoms with Crippen molar-refractivity contribution in [2.45, 2.75) is 41.5 Å². The Bertz CT molecular complexity index is 2380. The van der Waals surface area contributed by atoms with Crippen molar-refractivity contribution >= 4 is 32.3 Å². The zero-order valence-electron chi connectivity index (χ0n) is 27.8. The summed E-state index contributed by atoms with van der Waals surface area (Å²) in [5.41, 5.74) is 17.0. The van der Waals surface area contributed by atoms with E-state index >= 15 is 0 Å². The molecule has 0 aromatic heterocycles. The van der Waals surface area contributed by atoms with Gasteiger partial charge in [0.25, 0.3) is 0 Å². The summed E-state index contributed by atoms with van der Waals surface area (Å²) in [5, 5.41) is 7.45. The van der Waals surface area contributed by atoms with Crippen molar-refractivity contribution in [3.63, 3.8) is 0 Å². The van der Waals surface area contributed by atoms with Crippen LogP contribution in [0.15, 0.2) is 115 Å². The lowest BCUT2D eigenvalue weighted by Gasteiger charge is -2.22. The summed E-state index contributed by atoms with van der Waals surface area (Å²) < 4.78 is 14.2. The maximum Gasteiger partial charge on any atom is 0.123 e. The molecule has 0 saturated heterocycles. The van der Waals surface area contributed by atoms with Crippen LogP contribution >= 0.6 is 0 Å². The van der Waals surface area contributed by atoms with Crippen molar-refractivity contribution in [2.75, 3.05) is 0 Å². The van der Waals surface area contributed by atoms with E-state index in [4.69, 9.17) is 0 Å². The number of benzene rings is 8. The fourth-order valence-electron chi connectivity index (χ4n) is 7.97. The van der Waals surface area contributed by atoms with Gasteiger partial charge in [-0.1, -0.05) is 124 Å². The molecular weight excluding hydrogens is 572 g/mol. The van der Waals surface area contributed by atoms with E-state index in [0.29, 0.717) is 0 Å². The van der Waals surface area contributed by atoms with E-state index in [9.17, 15) is 4.39 Å². The minimum Gasteiger partial charge on any atom is -0.207 e. The van der Waals surface area contributed by atoms with Crippen molar-refractivity contribution in [2.24, 2.45) is 0 Å². The van der Waals surface area contributed by atoms with Gasteiger partial charge in [-0.2, -0.15) is 0 Å². The predicted molar refractivity (Wildman–Crippen MR) is 200 cm³/mol. The summed E-state index contributed by atoms with van der Waals surface area (Å²) in [6, 6.07) is 41.5. The van der Waals surface area contributed by atoms with Gasteiger partial charge >= 0.3 is 0 Å². The van der Waals surface area contributed by atoms with Crippen molar-refractivity contribution < 1.29 is 4.39 Å². The van der Waals surface area contributed by atoms with Gasteiger partial charge in [-0.05, 0) is 143 Å². The van der Waals surface area contributed by atoms with Gasteiger partial charge in [0.1, 0.15) is 5.82 Å². The van der Waals surface area contributed by atoms with Crippen LogP contribution in [-0.2, 0) is 0 Å². The topological polar surface area (TPSA) is 0 Å². The van der Waals surface area contributed by atoms with E-state index in [1.807, 2.05) is 12.1 Å². The summed E-state index contributed by atoms with van der Waals surface area (Å²) in [4.78, 5) is 0. The first-order valence-electron chi connectivity index (χ1n) is 16.4. The van der Waals surface area contributed by atoms with Crippen LogP contribution in [0.25, 0.3) is 76.8 Å². The largest absolute Gasteiger partial charge is 0.207 e. The van der Waals surface area contributed by atoms with Crippen LogP contribution in [0, 0.1) is 47.4 Å². The summed E-state index contributed by atoms with van der Waals surface area (Å²) in [5.74, 6) is -0.225. The molecule has 228 valence electrons. The first-order valence-corrected chi connectivity index (χ1v) is 16.4. The molecule has 0 aliphatic carbocycles. The van der Waals surface area contributed by atoms with Crippen LogP contribution in [0.3, 0.4) is 0 Å². The Labute approximate surface area is 276 Å². The van der Waals surface area contributed by atoms with Crippen LogP contribution in [0.5, 0.6) is 0 Å². The average Bonchev–Trinajstić information content (AvgIpc) is 3.02. The van der Waals surface area contributed by atoms with Crippen LogP contribution < -0.4 is 0 Å². The van der Waals surface area contributed by atoms with E-state index in [1.165, 1.54) is 99.1 Å². The third-order valence-electron chi connectivity index (χ3n) is 9.65. The number of hydrogen-bond donors (Lipinski definition) is 0. The average molecular weight is 609 g/mol. The van der Waals surface area contributed by atoms with Gasteiger partial charge in [-0.3, -0.25) is 0 Å². The second-order valence-electron chi connectivity index (χ2n) is 13.7. The van der Waals surface area contributed by atoms with E-state index in [1.54, 1.807) is 12.1 Å². The van der Waals surface area contributed by atoms with E-state index < -0.39 is 0 Å². The Kier molecular flexibility index (Phi) is 6.77. The van der Waals surface area contributed by atoms with Gasteiger partial charge in [-0.25, -0.2) is 4.39 Å². The van der Waals surface area contributed by atoms with Crippen molar-refractivity contribution in [3.05, 3.63) is 154 Å². The van der Waals surface area contributed by atoms with Crippen molar-refractivity contribution in [1.82, 2.24) is 0 Å². The molecule has 0 aliphatic heterocycles. The maximum atomic E-state index is 14.2. The third-order valence-corrected chi connectivity index (χ3v) is 9.65. The minimum absolute atomic E-state index is 0.225. The molecule has 0 heterocycles. The highest BCUT2D eigenvalue weighted by molar-refractivity contribution is 6.32. The van der Waals surface area contributed by atoms with Crippen LogP contribution in [0.1, 0.15) is 33.4 Å². The van der Waals surface area contributed by atoms with E-state index in [2.05, 4.69) is 133 Å². The zero-order chi connectivity index (χ0) is 32.6. The normalized spacial score (nSPS) is 11.7. The molecule has 0 radical (unpaired) electrons. The molecule has 0 atom stereocenters. The molecular formula is C46H37F. The first-order chi connectivity index (χ1) is 22.6. The summed E-state index contributed by atoms with van der Waals surface area (Å²) in [6.07, 6.45) is 0. The highest BCUT2D eigenvalue weighted by Gasteiger charge is 2.21. The van der Waals surface area contributed by atoms with Gasteiger partial charge in [0.2, 0.25) is 0 Å². The first kappa shape index (κ1) is 29.2. The fourth-order valence-corrected chi connectivity index (χ4v) is 7.97. The lowest BCUT2D eigenvalue weighted by molar-refractivity contribution is 0.628. The molecule has 8 rings (SSSR count). The molecule has 8 aromatic rings. The lowest BCUT2D eigenvalue weighted by Crippen LogP contribution is -1.95. The van der Waals surface area contributed by atoms with Crippen LogP contribution in [0.4, 0.5) is 4.39 Å². The Hall–Kier alpha value is -5.27. The van der Waals surface area contributed by atoms with Crippen molar-refractivity contribution in [1.29, 1.82) is 0 Å². The molecule has 0 N–H and O–H groups in total. The molecule has 0 fully saturated rings. The van der Waals surface area contributed by atoms with Gasteiger partial charge in [0.05, 0.1) is 0 Å². The molecule has 0 aliphatic rings. The van der Waals surface area contributed by atoms with Gasteiger partial charge in [0.15, 0.2) is 0 Å². The SMILES string of the molecule is Cc1cc(C)cc(-c2cc(-c3ccc(F)cc3)c3ccc4c(-c5cc(C)cc(C)c5)cc(-c5cc(C)cc(C)c5)c5ccc2c3c45)c1. The second-order valence-corrected chi connectivity index (χ2v) is 13.7. The zero-order valence-corrected chi connectivity index (χ0v) is 27.8. The smallest absolute Gasteiger partial charge is 0.123 e. The van der Waals surface area contributed by atoms with Crippen molar-refractivity contribution in [3.8, 4) is 44.5 Å². The molecule has 8 aromatic carbocycles. The fraction of sp³-hybridized carbons (Fsp3) is 0.130. The summed E-state index contributed by atoms with van der Waals surface area (Å²) >= 11 is 0. The number of halogens is 1. The minimum atomic E-state index is -0.225. The van der Waals surface area contributed by atoms with Gasteiger partial charge in [0, 0.05) is 0 Å². The Morgan fingerprint density at radius 3 is 0.872 bits per heavy atom. The van der Waals surface area contributed by atoms with E-state index in [0.717, 1.165) is 11.1 Å². The number of aryl methyl sites for hydroxylation is 6. The Morgan fingerprint density at radius 1 is 0.298 bits per heavy atom. The number of rotatable bonds is 4. The Balaban J connectivity index is 1.59. The highest BCUT2D eigenvalue weighted by Crippen LogP contribution is 2.48. The Morgan fingerprint density at radius 2 is 0.574 bits per heavy atom. The molecule has 0 bridgehead atoms. The molecule has 1 heteroatoms. The van der Waals surface area contributed by atoms with E-state index in [-0.39, 0.29) is 5.82 Å². The molecule has 0 nitrogen and oxygen atoms in total. The van der Waals surface area contributed by atoms with Gasteiger partial charge in [-0.15, -0.1) is 0 Å². The van der Waals surface area contributed by atoms with Crippen LogP contribution in [-0.4, -0.2) is 0 Å². The monoisotopic (exact) mass is 608 g/mol. The quantitative estimate of drug-likeness (QED) is 0.174. The molecule has 47 heavy (non-hydrogen) atoms. The van der Waals surface area contributed by atoms with Crippen LogP contribution in [0.2, 0.25) is 0 Å². The predicted octanol–water partition coefficient (Wildman–Crippen LogP) is 13.2. The third kappa shape index (κ3) is 4.98. The lowest BCUT2D eigenvalue weighted by atomic mass is 9.81. The summed E-state index contributed by atoms with van der Waals surface area (Å²) in [6.45, 7) is 13.1. The van der Waals surface area contributed by atoms with Gasteiger partial charge < -0.3 is 0 Å². The standard InChI is InChI=1S/C46H37F/c1-26-15-27(2)19-33(18-26)42-24-41(32-7-9-36(47)10-8-32)37-11-12-39-43(34-20-28(3)16-29(4)21-34)25-44(35-22-30(5)17-31(6)23-35)40-14-13-38(42)45(37)46(39)40/h7-25H,1-6H3. The maximum absolute atomic E-state index is 14.2. The second kappa shape index (κ2) is 10.9. The molecule has 0 amide bonds. The highest BCUT2D eigenvalue weighted by atomic mass is 19.1. The molecule has 0 spiro atoms. The molecule has 0 saturated carbocycles. The molecule has 0 unspecified atom stereocenters. The summed E-state index contributed by atoms with van der Waals surface area (Å²) in [7, 11) is 0.